The first-order valence-electron chi connectivity index (χ1n) is 4.24. The van der Waals surface area contributed by atoms with Crippen molar-refractivity contribution >= 4 is 15.9 Å². The van der Waals surface area contributed by atoms with E-state index in [4.69, 9.17) is 0 Å². The van der Waals surface area contributed by atoms with E-state index in [2.05, 4.69) is 15.9 Å². The van der Waals surface area contributed by atoms with Crippen LogP contribution in [0.3, 0.4) is 0 Å². The number of hydrogen-bond acceptors (Lipinski definition) is 1. The third-order valence-electron chi connectivity index (χ3n) is 2.66. The van der Waals surface area contributed by atoms with Crippen LogP contribution in [0.15, 0.2) is 22.7 Å². The van der Waals surface area contributed by atoms with Crippen molar-refractivity contribution in [2.45, 2.75) is 18.3 Å². The molecule has 70 valence electrons. The summed E-state index contributed by atoms with van der Waals surface area (Å²) in [5, 5.41) is 9.19. The van der Waals surface area contributed by atoms with Gasteiger partial charge >= 0.3 is 0 Å². The van der Waals surface area contributed by atoms with Crippen molar-refractivity contribution < 1.29 is 9.50 Å². The minimum absolute atomic E-state index is 0.0907. The number of rotatable bonds is 2. The lowest BCUT2D eigenvalue weighted by atomic mass is 9.97. The minimum atomic E-state index is -0.246. The molecule has 3 heteroatoms. The molecule has 1 N–H and O–H groups in total. The summed E-state index contributed by atoms with van der Waals surface area (Å²) in [5.74, 6) is -0.246. The largest absolute Gasteiger partial charge is 0.395 e. The summed E-state index contributed by atoms with van der Waals surface area (Å²) in [6, 6.07) is 4.64. The minimum Gasteiger partial charge on any atom is -0.395 e. The van der Waals surface area contributed by atoms with Gasteiger partial charge in [0.15, 0.2) is 0 Å². The molecule has 0 amide bonds. The molecule has 0 radical (unpaired) electrons. The third kappa shape index (κ3) is 1.51. The van der Waals surface area contributed by atoms with Crippen molar-refractivity contribution in [3.8, 4) is 0 Å². The van der Waals surface area contributed by atoms with Crippen molar-refractivity contribution in [3.63, 3.8) is 0 Å². The topological polar surface area (TPSA) is 20.2 Å². The van der Waals surface area contributed by atoms with Crippen LogP contribution in [-0.2, 0) is 5.41 Å². The van der Waals surface area contributed by atoms with Crippen molar-refractivity contribution in [3.05, 3.63) is 34.1 Å². The molecule has 13 heavy (non-hydrogen) atoms. The summed E-state index contributed by atoms with van der Waals surface area (Å²) in [6.07, 6.45) is 1.99. The summed E-state index contributed by atoms with van der Waals surface area (Å²) >= 11 is 3.31. The van der Waals surface area contributed by atoms with Crippen molar-refractivity contribution in [2.75, 3.05) is 6.61 Å². The van der Waals surface area contributed by atoms with Crippen LogP contribution in [0, 0.1) is 5.82 Å². The van der Waals surface area contributed by atoms with Crippen LogP contribution in [0.2, 0.25) is 0 Å². The van der Waals surface area contributed by atoms with Crippen LogP contribution in [0.5, 0.6) is 0 Å². The van der Waals surface area contributed by atoms with Gasteiger partial charge in [0.05, 0.1) is 6.61 Å². The van der Waals surface area contributed by atoms with Crippen molar-refractivity contribution in [2.24, 2.45) is 0 Å². The molecule has 0 unspecified atom stereocenters. The van der Waals surface area contributed by atoms with E-state index < -0.39 is 0 Å². The second-order valence-corrected chi connectivity index (χ2v) is 4.42. The SMILES string of the molecule is OCC1(c2ccc(F)cc2Br)CC1. The fourth-order valence-corrected chi connectivity index (χ4v) is 2.35. The van der Waals surface area contributed by atoms with Crippen molar-refractivity contribution in [1.29, 1.82) is 0 Å². The van der Waals surface area contributed by atoms with E-state index in [1.165, 1.54) is 12.1 Å². The molecule has 1 fully saturated rings. The zero-order valence-electron chi connectivity index (χ0n) is 7.06. The summed E-state index contributed by atoms with van der Waals surface area (Å²) < 4.78 is 13.5. The van der Waals surface area contributed by atoms with Gasteiger partial charge in [-0.15, -0.1) is 0 Å². The van der Waals surface area contributed by atoms with E-state index in [0.717, 1.165) is 22.9 Å². The number of hydrogen-bond donors (Lipinski definition) is 1. The van der Waals surface area contributed by atoms with E-state index in [1.54, 1.807) is 6.07 Å². The maximum absolute atomic E-state index is 12.8. The number of benzene rings is 1. The molecular weight excluding hydrogens is 235 g/mol. The van der Waals surface area contributed by atoms with Gasteiger partial charge in [0, 0.05) is 9.89 Å². The summed E-state index contributed by atoms with van der Waals surface area (Å²) in [7, 11) is 0. The van der Waals surface area contributed by atoms with Crippen molar-refractivity contribution in [1.82, 2.24) is 0 Å². The Morgan fingerprint density at radius 1 is 1.46 bits per heavy atom. The number of aliphatic hydroxyl groups excluding tert-OH is 1. The standard InChI is InChI=1S/C10H10BrFO/c11-9-5-7(12)1-2-8(9)10(6-13)3-4-10/h1-2,5,13H,3-4,6H2. The predicted octanol–water partition coefficient (Wildman–Crippen LogP) is 2.61. The zero-order chi connectivity index (χ0) is 9.47. The van der Waals surface area contributed by atoms with Gasteiger partial charge in [0.2, 0.25) is 0 Å². The Labute approximate surface area is 84.7 Å². The fraction of sp³-hybridized carbons (Fsp3) is 0.400. The molecule has 0 bridgehead atoms. The number of halogens is 2. The van der Waals surface area contributed by atoms with Crippen LogP contribution < -0.4 is 0 Å². The maximum atomic E-state index is 12.8. The van der Waals surface area contributed by atoms with Crippen LogP contribution >= 0.6 is 15.9 Å². The molecule has 1 saturated carbocycles. The fourth-order valence-electron chi connectivity index (χ4n) is 1.58. The quantitative estimate of drug-likeness (QED) is 0.849. The highest BCUT2D eigenvalue weighted by Gasteiger charge is 2.44. The summed E-state index contributed by atoms with van der Waals surface area (Å²) in [5.41, 5.74) is 0.934. The van der Waals surface area contributed by atoms with Gasteiger partial charge in [-0.05, 0) is 30.5 Å². The monoisotopic (exact) mass is 244 g/mol. The van der Waals surface area contributed by atoms with Crippen LogP contribution in [0.1, 0.15) is 18.4 Å². The molecule has 0 aromatic heterocycles. The molecule has 1 aliphatic carbocycles. The molecule has 0 heterocycles. The second-order valence-electron chi connectivity index (χ2n) is 3.56. The van der Waals surface area contributed by atoms with Crippen LogP contribution in [-0.4, -0.2) is 11.7 Å². The maximum Gasteiger partial charge on any atom is 0.124 e. The number of aliphatic hydroxyl groups is 1. The third-order valence-corrected chi connectivity index (χ3v) is 3.31. The highest BCUT2D eigenvalue weighted by atomic mass is 79.9. The van der Waals surface area contributed by atoms with Crippen LogP contribution in [0.25, 0.3) is 0 Å². The molecule has 0 aliphatic heterocycles. The van der Waals surface area contributed by atoms with Crippen LogP contribution in [0.4, 0.5) is 4.39 Å². The molecule has 0 saturated heterocycles. The Morgan fingerprint density at radius 3 is 2.62 bits per heavy atom. The molecule has 2 rings (SSSR count). The Kier molecular flexibility index (Phi) is 2.16. The average molecular weight is 245 g/mol. The molecule has 1 nitrogen and oxygen atoms in total. The second kappa shape index (κ2) is 3.07. The Hall–Kier alpha value is -0.410. The van der Waals surface area contributed by atoms with Gasteiger partial charge in [-0.2, -0.15) is 0 Å². The van der Waals surface area contributed by atoms with E-state index in [1.807, 2.05) is 0 Å². The molecular formula is C10H10BrFO. The smallest absolute Gasteiger partial charge is 0.124 e. The van der Waals surface area contributed by atoms with Gasteiger partial charge < -0.3 is 5.11 Å². The first-order valence-corrected chi connectivity index (χ1v) is 5.04. The lowest BCUT2D eigenvalue weighted by molar-refractivity contribution is 0.254. The summed E-state index contributed by atoms with van der Waals surface area (Å²) in [6.45, 7) is 0.150. The zero-order valence-corrected chi connectivity index (χ0v) is 8.64. The van der Waals surface area contributed by atoms with E-state index in [-0.39, 0.29) is 17.8 Å². The predicted molar refractivity (Wildman–Crippen MR) is 52.1 cm³/mol. The average Bonchev–Trinajstić information content (AvgIpc) is 2.85. The normalized spacial score (nSPS) is 18.7. The van der Waals surface area contributed by atoms with E-state index >= 15 is 0 Å². The first kappa shape index (κ1) is 9.16. The van der Waals surface area contributed by atoms with Gasteiger partial charge in [0.1, 0.15) is 5.82 Å². The molecule has 0 spiro atoms. The lowest BCUT2D eigenvalue weighted by Crippen LogP contribution is -2.12. The van der Waals surface area contributed by atoms with E-state index in [0.29, 0.717) is 0 Å². The van der Waals surface area contributed by atoms with E-state index in [9.17, 15) is 9.50 Å². The Morgan fingerprint density at radius 2 is 2.15 bits per heavy atom. The lowest BCUT2D eigenvalue weighted by Gasteiger charge is -2.13. The van der Waals surface area contributed by atoms with Gasteiger partial charge in [-0.25, -0.2) is 4.39 Å². The highest BCUT2D eigenvalue weighted by molar-refractivity contribution is 9.10. The molecule has 1 aromatic carbocycles. The molecule has 1 aliphatic rings. The van der Waals surface area contributed by atoms with Gasteiger partial charge in [-0.1, -0.05) is 22.0 Å². The Bertz CT molecular complexity index is 334. The van der Waals surface area contributed by atoms with Gasteiger partial charge in [-0.3, -0.25) is 0 Å². The van der Waals surface area contributed by atoms with Gasteiger partial charge in [0.25, 0.3) is 0 Å². The first-order chi connectivity index (χ1) is 6.18. The summed E-state index contributed by atoms with van der Waals surface area (Å²) in [4.78, 5) is 0. The highest BCUT2D eigenvalue weighted by Crippen LogP contribution is 2.49. The Balaban J connectivity index is 2.41. The molecule has 1 aromatic rings. The molecule has 0 atom stereocenters.